The molecule has 0 aromatic heterocycles. The Morgan fingerprint density at radius 1 is 0.957 bits per heavy atom. The van der Waals surface area contributed by atoms with Crippen LogP contribution < -0.4 is 15.4 Å². The van der Waals surface area contributed by atoms with Gasteiger partial charge in [0.1, 0.15) is 11.8 Å². The first-order chi connectivity index (χ1) is 10.8. The quantitative estimate of drug-likeness (QED) is 0.811. The molecule has 0 saturated carbocycles. The number of amides is 2. The minimum atomic E-state index is -0.589. The number of carbonyl (C=O) groups excluding carboxylic acids is 2. The SMILES string of the molecule is COc1ccccc1C(=O)NC(C(=O)NC(C)C(C)C)C(C)C. The van der Waals surface area contributed by atoms with Crippen LogP contribution >= 0.6 is 0 Å². The number of para-hydroxylation sites is 1. The lowest BCUT2D eigenvalue weighted by atomic mass is 10.0. The molecule has 2 amide bonds. The van der Waals surface area contributed by atoms with Crippen molar-refractivity contribution in [3.8, 4) is 5.75 Å². The standard InChI is InChI=1S/C18H28N2O3/c1-11(2)13(5)19-18(22)16(12(3)4)20-17(21)14-9-7-8-10-15(14)23-6/h7-13,16H,1-6H3,(H,19,22)(H,20,21). The molecule has 5 heteroatoms. The van der Waals surface area contributed by atoms with Crippen molar-refractivity contribution in [2.24, 2.45) is 11.8 Å². The van der Waals surface area contributed by atoms with Gasteiger partial charge in [0.25, 0.3) is 5.91 Å². The van der Waals surface area contributed by atoms with E-state index in [9.17, 15) is 9.59 Å². The van der Waals surface area contributed by atoms with Crippen molar-refractivity contribution in [3.05, 3.63) is 29.8 Å². The van der Waals surface area contributed by atoms with E-state index in [0.717, 1.165) is 0 Å². The first kappa shape index (κ1) is 19.0. The van der Waals surface area contributed by atoms with Gasteiger partial charge in [-0.1, -0.05) is 39.8 Å². The zero-order chi connectivity index (χ0) is 17.6. The Balaban J connectivity index is 2.87. The summed E-state index contributed by atoms with van der Waals surface area (Å²) in [5.74, 6) is 0.325. The molecule has 0 aliphatic rings. The Kier molecular flexibility index (Phi) is 7.07. The van der Waals surface area contributed by atoms with Crippen LogP contribution in [0.5, 0.6) is 5.75 Å². The highest BCUT2D eigenvalue weighted by Gasteiger charge is 2.27. The minimum Gasteiger partial charge on any atom is -0.496 e. The second kappa shape index (κ2) is 8.56. The van der Waals surface area contributed by atoms with Gasteiger partial charge in [0.15, 0.2) is 0 Å². The monoisotopic (exact) mass is 320 g/mol. The van der Waals surface area contributed by atoms with Crippen molar-refractivity contribution < 1.29 is 14.3 Å². The van der Waals surface area contributed by atoms with E-state index < -0.39 is 6.04 Å². The van der Waals surface area contributed by atoms with Crippen molar-refractivity contribution in [2.75, 3.05) is 7.11 Å². The summed E-state index contributed by atoms with van der Waals surface area (Å²) in [6.07, 6.45) is 0. The van der Waals surface area contributed by atoms with Crippen molar-refractivity contribution >= 4 is 11.8 Å². The summed E-state index contributed by atoms with van der Waals surface area (Å²) in [5.41, 5.74) is 0.422. The zero-order valence-electron chi connectivity index (χ0n) is 14.8. The molecule has 0 radical (unpaired) electrons. The lowest BCUT2D eigenvalue weighted by molar-refractivity contribution is -0.124. The zero-order valence-corrected chi connectivity index (χ0v) is 14.8. The number of benzene rings is 1. The van der Waals surface area contributed by atoms with Gasteiger partial charge in [-0.25, -0.2) is 0 Å². The van der Waals surface area contributed by atoms with E-state index in [2.05, 4.69) is 10.6 Å². The van der Waals surface area contributed by atoms with Gasteiger partial charge >= 0.3 is 0 Å². The highest BCUT2D eigenvalue weighted by atomic mass is 16.5. The largest absolute Gasteiger partial charge is 0.496 e. The lowest BCUT2D eigenvalue weighted by Crippen LogP contribution is -2.52. The summed E-state index contributed by atoms with van der Waals surface area (Å²) in [4.78, 5) is 25.0. The van der Waals surface area contributed by atoms with E-state index in [1.165, 1.54) is 7.11 Å². The third-order valence-corrected chi connectivity index (χ3v) is 3.96. The van der Waals surface area contributed by atoms with Crippen molar-refractivity contribution in [2.45, 2.75) is 46.7 Å². The molecule has 2 atom stereocenters. The van der Waals surface area contributed by atoms with Gasteiger partial charge in [0.2, 0.25) is 5.91 Å². The fourth-order valence-electron chi connectivity index (χ4n) is 2.07. The fourth-order valence-corrected chi connectivity index (χ4v) is 2.07. The Morgan fingerprint density at radius 2 is 1.57 bits per heavy atom. The minimum absolute atomic E-state index is 0.0204. The maximum Gasteiger partial charge on any atom is 0.255 e. The number of hydrogen-bond donors (Lipinski definition) is 2. The maximum atomic E-state index is 12.5. The van der Waals surface area contributed by atoms with Gasteiger partial charge < -0.3 is 15.4 Å². The lowest BCUT2D eigenvalue weighted by Gasteiger charge is -2.25. The Hall–Kier alpha value is -2.04. The number of nitrogens with one attached hydrogen (secondary N) is 2. The van der Waals surface area contributed by atoms with Crippen molar-refractivity contribution in [3.63, 3.8) is 0 Å². The summed E-state index contributed by atoms with van der Waals surface area (Å²) in [7, 11) is 1.52. The third kappa shape index (κ3) is 5.27. The highest BCUT2D eigenvalue weighted by Crippen LogP contribution is 2.17. The number of ether oxygens (including phenoxy) is 1. The van der Waals surface area contributed by atoms with Crippen LogP contribution in [-0.4, -0.2) is 31.0 Å². The number of methoxy groups -OCH3 is 1. The molecule has 1 rings (SSSR count). The van der Waals surface area contributed by atoms with Crippen LogP contribution in [0.1, 0.15) is 45.0 Å². The molecule has 0 saturated heterocycles. The molecule has 2 unspecified atom stereocenters. The fraction of sp³-hybridized carbons (Fsp3) is 0.556. The van der Waals surface area contributed by atoms with E-state index in [1.54, 1.807) is 24.3 Å². The summed E-state index contributed by atoms with van der Waals surface area (Å²) in [6, 6.07) is 6.43. The topological polar surface area (TPSA) is 67.4 Å². The Morgan fingerprint density at radius 3 is 2.09 bits per heavy atom. The maximum absolute atomic E-state index is 12.5. The summed E-state index contributed by atoms with van der Waals surface area (Å²) < 4.78 is 5.20. The van der Waals surface area contributed by atoms with Gasteiger partial charge in [0.05, 0.1) is 12.7 Å². The van der Waals surface area contributed by atoms with Crippen molar-refractivity contribution in [1.29, 1.82) is 0 Å². The van der Waals surface area contributed by atoms with Crippen LogP contribution in [0.4, 0.5) is 0 Å². The van der Waals surface area contributed by atoms with Crippen LogP contribution in [0.15, 0.2) is 24.3 Å². The van der Waals surface area contributed by atoms with E-state index in [1.807, 2.05) is 34.6 Å². The van der Waals surface area contributed by atoms with Crippen LogP contribution in [0.2, 0.25) is 0 Å². The average molecular weight is 320 g/mol. The molecular weight excluding hydrogens is 292 g/mol. The smallest absolute Gasteiger partial charge is 0.255 e. The van der Waals surface area contributed by atoms with Gasteiger partial charge in [0, 0.05) is 6.04 Å². The molecule has 23 heavy (non-hydrogen) atoms. The molecule has 0 fully saturated rings. The Labute approximate surface area is 138 Å². The van der Waals surface area contributed by atoms with E-state index in [-0.39, 0.29) is 23.8 Å². The second-order valence-corrected chi connectivity index (χ2v) is 6.44. The Bertz CT molecular complexity index is 541. The van der Waals surface area contributed by atoms with Crippen LogP contribution in [0, 0.1) is 11.8 Å². The van der Waals surface area contributed by atoms with E-state index >= 15 is 0 Å². The molecular formula is C18H28N2O3. The van der Waals surface area contributed by atoms with Gasteiger partial charge in [-0.3, -0.25) is 9.59 Å². The number of rotatable bonds is 7. The normalized spacial score (nSPS) is 13.6. The molecule has 0 aliphatic heterocycles. The van der Waals surface area contributed by atoms with Crippen LogP contribution in [0.3, 0.4) is 0 Å². The molecule has 128 valence electrons. The van der Waals surface area contributed by atoms with E-state index in [0.29, 0.717) is 17.2 Å². The van der Waals surface area contributed by atoms with Gasteiger partial charge in [-0.15, -0.1) is 0 Å². The average Bonchev–Trinajstić information content (AvgIpc) is 2.51. The first-order valence-corrected chi connectivity index (χ1v) is 8.02. The number of hydrogen-bond acceptors (Lipinski definition) is 3. The van der Waals surface area contributed by atoms with Crippen LogP contribution in [0.25, 0.3) is 0 Å². The van der Waals surface area contributed by atoms with Gasteiger partial charge in [-0.2, -0.15) is 0 Å². The van der Waals surface area contributed by atoms with Gasteiger partial charge in [-0.05, 0) is 30.9 Å². The van der Waals surface area contributed by atoms with Crippen LogP contribution in [-0.2, 0) is 4.79 Å². The first-order valence-electron chi connectivity index (χ1n) is 8.02. The molecule has 2 N–H and O–H groups in total. The molecule has 0 heterocycles. The number of carbonyl (C=O) groups is 2. The highest BCUT2D eigenvalue weighted by molar-refractivity contribution is 5.99. The molecule has 0 bridgehead atoms. The molecule has 5 nitrogen and oxygen atoms in total. The molecule has 0 aliphatic carbocycles. The molecule has 0 spiro atoms. The van der Waals surface area contributed by atoms with Crippen molar-refractivity contribution in [1.82, 2.24) is 10.6 Å². The molecule has 1 aromatic rings. The molecule has 1 aromatic carbocycles. The second-order valence-electron chi connectivity index (χ2n) is 6.44. The third-order valence-electron chi connectivity index (χ3n) is 3.96. The summed E-state index contributed by atoms with van der Waals surface area (Å²) in [5, 5.41) is 5.78. The predicted molar refractivity (Wildman–Crippen MR) is 91.5 cm³/mol. The predicted octanol–water partition coefficient (Wildman–Crippen LogP) is 2.61. The summed E-state index contributed by atoms with van der Waals surface area (Å²) >= 11 is 0. The van der Waals surface area contributed by atoms with E-state index in [4.69, 9.17) is 4.74 Å². The summed E-state index contributed by atoms with van der Waals surface area (Å²) in [6.45, 7) is 9.87.